The molecular formula is C22H25N3O2S. The normalized spacial score (nSPS) is 18.0. The van der Waals surface area contributed by atoms with Gasteiger partial charge >= 0.3 is 0 Å². The van der Waals surface area contributed by atoms with E-state index in [1.807, 2.05) is 69.3 Å². The summed E-state index contributed by atoms with van der Waals surface area (Å²) >= 11 is 1.37. The molecule has 28 heavy (non-hydrogen) atoms. The van der Waals surface area contributed by atoms with Crippen molar-refractivity contribution in [3.63, 3.8) is 0 Å². The fourth-order valence-electron chi connectivity index (χ4n) is 3.14. The third kappa shape index (κ3) is 4.62. The van der Waals surface area contributed by atoms with Crippen molar-refractivity contribution in [1.82, 2.24) is 4.90 Å². The van der Waals surface area contributed by atoms with Crippen LogP contribution in [0.25, 0.3) is 0 Å². The largest absolute Gasteiger partial charge is 0.326 e. The summed E-state index contributed by atoms with van der Waals surface area (Å²) in [6.07, 6.45) is 0.965. The molecule has 146 valence electrons. The number of nitrogens with zero attached hydrogens (tertiary/aromatic N) is 2. The van der Waals surface area contributed by atoms with Crippen LogP contribution < -0.4 is 5.32 Å². The van der Waals surface area contributed by atoms with Crippen LogP contribution in [0.5, 0.6) is 0 Å². The zero-order chi connectivity index (χ0) is 20.1. The van der Waals surface area contributed by atoms with Crippen LogP contribution in [-0.2, 0) is 9.59 Å². The van der Waals surface area contributed by atoms with Crippen LogP contribution in [0.4, 0.5) is 11.4 Å². The maximum atomic E-state index is 12.9. The van der Waals surface area contributed by atoms with Crippen LogP contribution in [0.2, 0.25) is 0 Å². The fourth-order valence-corrected chi connectivity index (χ4v) is 4.32. The van der Waals surface area contributed by atoms with Gasteiger partial charge in [0.25, 0.3) is 0 Å². The molecule has 0 spiro atoms. The van der Waals surface area contributed by atoms with Crippen molar-refractivity contribution in [2.75, 3.05) is 11.9 Å². The number of amides is 2. The molecule has 1 saturated heterocycles. The molecule has 2 amide bonds. The molecule has 0 saturated carbocycles. The van der Waals surface area contributed by atoms with Crippen molar-refractivity contribution >= 4 is 40.1 Å². The number of rotatable bonds is 6. The highest BCUT2D eigenvalue weighted by Crippen LogP contribution is 2.32. The summed E-state index contributed by atoms with van der Waals surface area (Å²) in [6, 6.07) is 15.5. The molecule has 3 rings (SSSR count). The number of benzene rings is 2. The van der Waals surface area contributed by atoms with Gasteiger partial charge in [0, 0.05) is 18.7 Å². The molecule has 1 fully saturated rings. The van der Waals surface area contributed by atoms with Crippen LogP contribution in [0.15, 0.2) is 53.5 Å². The van der Waals surface area contributed by atoms with Crippen molar-refractivity contribution < 1.29 is 9.59 Å². The number of carbonyl (C=O) groups excluding carboxylic acids is 2. The molecule has 1 aliphatic heterocycles. The summed E-state index contributed by atoms with van der Waals surface area (Å²) in [6.45, 7) is 6.56. The minimum atomic E-state index is -0.446. The van der Waals surface area contributed by atoms with Crippen molar-refractivity contribution in [1.29, 1.82) is 0 Å². The molecule has 0 unspecified atom stereocenters. The number of amidine groups is 1. The van der Waals surface area contributed by atoms with Gasteiger partial charge in [-0.2, -0.15) is 0 Å². The Labute approximate surface area is 170 Å². The van der Waals surface area contributed by atoms with Gasteiger partial charge in [-0.1, -0.05) is 55.1 Å². The average molecular weight is 396 g/mol. The number of para-hydroxylation sites is 2. The number of hydrogen-bond donors (Lipinski definition) is 1. The highest BCUT2D eigenvalue weighted by atomic mass is 32.2. The molecule has 6 heteroatoms. The second-order valence-corrected chi connectivity index (χ2v) is 8.02. The van der Waals surface area contributed by atoms with E-state index in [4.69, 9.17) is 0 Å². The topological polar surface area (TPSA) is 61.8 Å². The van der Waals surface area contributed by atoms with E-state index in [1.165, 1.54) is 11.8 Å². The summed E-state index contributed by atoms with van der Waals surface area (Å²) in [5.74, 6) is -0.196. The maximum Gasteiger partial charge on any atom is 0.242 e. The van der Waals surface area contributed by atoms with Crippen molar-refractivity contribution in [2.24, 2.45) is 4.99 Å². The summed E-state index contributed by atoms with van der Waals surface area (Å²) in [5.41, 5.74) is 3.65. The van der Waals surface area contributed by atoms with E-state index in [0.29, 0.717) is 11.7 Å². The van der Waals surface area contributed by atoms with Crippen molar-refractivity contribution in [3.05, 3.63) is 59.7 Å². The number of thioether (sulfide) groups is 1. The monoisotopic (exact) mass is 395 g/mol. The SMILES string of the molecule is CCCN1C(=O)[C@H](CC(=O)Nc2c(C)cccc2C)SC1=Nc1ccccc1. The highest BCUT2D eigenvalue weighted by Gasteiger charge is 2.38. The summed E-state index contributed by atoms with van der Waals surface area (Å²) < 4.78 is 0. The molecule has 1 N–H and O–H groups in total. The third-order valence-corrected chi connectivity index (χ3v) is 5.74. The Bertz CT molecular complexity index is 876. The molecule has 5 nitrogen and oxygen atoms in total. The number of nitrogens with one attached hydrogen (secondary N) is 1. The first-order valence-electron chi connectivity index (χ1n) is 9.47. The van der Waals surface area contributed by atoms with Gasteiger partial charge in [-0.25, -0.2) is 4.99 Å². The molecule has 0 radical (unpaired) electrons. The number of aliphatic imine (C=N–C) groups is 1. The number of hydrogen-bond acceptors (Lipinski definition) is 4. The fraction of sp³-hybridized carbons (Fsp3) is 0.318. The number of aryl methyl sites for hydroxylation is 2. The Morgan fingerprint density at radius 1 is 1.11 bits per heavy atom. The lowest BCUT2D eigenvalue weighted by atomic mass is 10.1. The van der Waals surface area contributed by atoms with E-state index >= 15 is 0 Å². The van der Waals surface area contributed by atoms with Crippen LogP contribution in [0, 0.1) is 13.8 Å². The summed E-state index contributed by atoms with van der Waals surface area (Å²) in [4.78, 5) is 31.8. The zero-order valence-electron chi connectivity index (χ0n) is 16.4. The lowest BCUT2D eigenvalue weighted by Crippen LogP contribution is -2.34. The van der Waals surface area contributed by atoms with Crippen molar-refractivity contribution in [2.45, 2.75) is 38.9 Å². The Kier molecular flexibility index (Phi) is 6.52. The van der Waals surface area contributed by atoms with Gasteiger partial charge in [0.05, 0.1) is 5.69 Å². The molecule has 0 bridgehead atoms. The first-order chi connectivity index (χ1) is 13.5. The van der Waals surface area contributed by atoms with Crippen LogP contribution in [0.1, 0.15) is 30.9 Å². The predicted molar refractivity (Wildman–Crippen MR) is 116 cm³/mol. The molecule has 0 aliphatic carbocycles. The van der Waals surface area contributed by atoms with E-state index in [9.17, 15) is 9.59 Å². The summed E-state index contributed by atoms with van der Waals surface area (Å²) in [5, 5.41) is 3.20. The minimum Gasteiger partial charge on any atom is -0.326 e. The van der Waals surface area contributed by atoms with Gasteiger partial charge in [0.15, 0.2) is 5.17 Å². The minimum absolute atomic E-state index is 0.0433. The second kappa shape index (κ2) is 9.06. The average Bonchev–Trinajstić information content (AvgIpc) is 2.95. The Hall–Kier alpha value is -2.60. The summed E-state index contributed by atoms with van der Waals surface area (Å²) in [7, 11) is 0. The quantitative estimate of drug-likeness (QED) is 0.773. The Balaban J connectivity index is 1.74. The smallest absolute Gasteiger partial charge is 0.242 e. The van der Waals surface area contributed by atoms with E-state index in [0.717, 1.165) is 28.9 Å². The molecule has 1 aliphatic rings. The molecule has 1 heterocycles. The molecular weight excluding hydrogens is 370 g/mol. The van der Waals surface area contributed by atoms with Gasteiger partial charge in [-0.3, -0.25) is 14.5 Å². The van der Waals surface area contributed by atoms with E-state index in [1.54, 1.807) is 4.90 Å². The van der Waals surface area contributed by atoms with Crippen LogP contribution in [-0.4, -0.2) is 33.7 Å². The van der Waals surface area contributed by atoms with Gasteiger partial charge in [0.2, 0.25) is 11.8 Å². The second-order valence-electron chi connectivity index (χ2n) is 6.85. The maximum absolute atomic E-state index is 12.9. The standard InChI is InChI=1S/C22H25N3O2S/c1-4-13-25-21(27)18(28-22(25)23-17-11-6-5-7-12-17)14-19(26)24-20-15(2)9-8-10-16(20)3/h5-12,18H,4,13-14H2,1-3H3,(H,24,26)/t18-/m0/s1. The number of anilines is 1. The Morgan fingerprint density at radius 2 is 1.79 bits per heavy atom. The zero-order valence-corrected chi connectivity index (χ0v) is 17.3. The van der Waals surface area contributed by atoms with E-state index < -0.39 is 5.25 Å². The number of carbonyl (C=O) groups is 2. The van der Waals surface area contributed by atoms with Gasteiger partial charge in [-0.05, 0) is 43.5 Å². The first kappa shape index (κ1) is 20.1. The van der Waals surface area contributed by atoms with E-state index in [-0.39, 0.29) is 18.2 Å². The molecule has 2 aromatic carbocycles. The highest BCUT2D eigenvalue weighted by molar-refractivity contribution is 8.15. The molecule has 0 aromatic heterocycles. The Morgan fingerprint density at radius 3 is 2.43 bits per heavy atom. The van der Waals surface area contributed by atoms with Gasteiger partial charge in [0.1, 0.15) is 5.25 Å². The molecule has 1 atom stereocenters. The van der Waals surface area contributed by atoms with Gasteiger partial charge in [-0.15, -0.1) is 0 Å². The van der Waals surface area contributed by atoms with Gasteiger partial charge < -0.3 is 5.32 Å². The van der Waals surface area contributed by atoms with Crippen LogP contribution in [0.3, 0.4) is 0 Å². The lowest BCUT2D eigenvalue weighted by Gasteiger charge is -2.15. The van der Waals surface area contributed by atoms with E-state index in [2.05, 4.69) is 10.3 Å². The predicted octanol–water partition coefficient (Wildman–Crippen LogP) is 4.67. The first-order valence-corrected chi connectivity index (χ1v) is 10.4. The third-order valence-electron chi connectivity index (χ3n) is 4.56. The van der Waals surface area contributed by atoms with Crippen molar-refractivity contribution in [3.8, 4) is 0 Å². The van der Waals surface area contributed by atoms with Crippen LogP contribution >= 0.6 is 11.8 Å². The lowest BCUT2D eigenvalue weighted by molar-refractivity contribution is -0.128. The molecule has 2 aromatic rings.